The zero-order chi connectivity index (χ0) is 18.5. The molecule has 1 heterocycles. The molecule has 2 aromatic carbocycles. The van der Waals surface area contributed by atoms with Gasteiger partial charge in [0.15, 0.2) is 0 Å². The topological polar surface area (TPSA) is 68.7 Å². The Bertz CT molecular complexity index is 911. The van der Waals surface area contributed by atoms with Gasteiger partial charge in [0.1, 0.15) is 11.5 Å². The molecule has 0 aliphatic rings. The number of ether oxygens (including phenoxy) is 2. The van der Waals surface area contributed by atoms with E-state index in [1.807, 2.05) is 25.1 Å². The standard InChI is InChI=1S/C20H18ClNO4/c1-2-25-19(12-20(23)24)13-3-6-15(7-4-13)26-18-9-10-22-17-11-14(21)5-8-16(17)18/h3-11,19H,2,12H2,1H3,(H,23,24)/t19-/m1/s1. The summed E-state index contributed by atoms with van der Waals surface area (Å²) in [7, 11) is 0. The average Bonchev–Trinajstić information content (AvgIpc) is 2.61. The molecule has 0 fully saturated rings. The summed E-state index contributed by atoms with van der Waals surface area (Å²) >= 11 is 6.01. The number of aliphatic carboxylic acids is 1. The molecule has 1 N–H and O–H groups in total. The highest BCUT2D eigenvalue weighted by atomic mass is 35.5. The first kappa shape index (κ1) is 18.2. The lowest BCUT2D eigenvalue weighted by molar-refractivity contribution is -0.140. The summed E-state index contributed by atoms with van der Waals surface area (Å²) in [6.45, 7) is 2.29. The molecular formula is C20H18ClNO4. The minimum absolute atomic E-state index is 0.0796. The highest BCUT2D eigenvalue weighted by Gasteiger charge is 2.16. The third kappa shape index (κ3) is 4.31. The van der Waals surface area contributed by atoms with Crippen LogP contribution in [-0.2, 0) is 9.53 Å². The summed E-state index contributed by atoms with van der Waals surface area (Å²) in [4.78, 5) is 15.3. The lowest BCUT2D eigenvalue weighted by atomic mass is 10.1. The predicted molar refractivity (Wildman–Crippen MR) is 99.9 cm³/mol. The number of rotatable bonds is 7. The molecule has 0 radical (unpaired) electrons. The fraction of sp³-hybridized carbons (Fsp3) is 0.200. The van der Waals surface area contributed by atoms with Crippen LogP contribution >= 0.6 is 11.6 Å². The molecule has 3 rings (SSSR count). The molecular weight excluding hydrogens is 354 g/mol. The lowest BCUT2D eigenvalue weighted by Gasteiger charge is -2.16. The number of carboxylic acid groups (broad SMARTS) is 1. The van der Waals surface area contributed by atoms with Gasteiger partial charge in [0.2, 0.25) is 0 Å². The number of benzene rings is 2. The molecule has 0 aliphatic heterocycles. The number of aromatic nitrogens is 1. The van der Waals surface area contributed by atoms with Crippen molar-refractivity contribution in [2.24, 2.45) is 0 Å². The average molecular weight is 372 g/mol. The summed E-state index contributed by atoms with van der Waals surface area (Å²) in [5.74, 6) is 0.416. The van der Waals surface area contributed by atoms with Crippen LogP contribution in [0.25, 0.3) is 10.9 Å². The minimum atomic E-state index is -0.898. The van der Waals surface area contributed by atoms with Crippen LogP contribution < -0.4 is 4.74 Å². The monoisotopic (exact) mass is 371 g/mol. The van der Waals surface area contributed by atoms with E-state index in [0.717, 1.165) is 16.5 Å². The number of hydrogen-bond donors (Lipinski definition) is 1. The molecule has 0 saturated carbocycles. The van der Waals surface area contributed by atoms with E-state index in [-0.39, 0.29) is 6.42 Å². The van der Waals surface area contributed by atoms with Gasteiger partial charge >= 0.3 is 5.97 Å². The Morgan fingerprint density at radius 3 is 2.65 bits per heavy atom. The van der Waals surface area contributed by atoms with Crippen LogP contribution in [0.15, 0.2) is 54.7 Å². The number of fused-ring (bicyclic) bond motifs is 1. The van der Waals surface area contributed by atoms with Crippen molar-refractivity contribution < 1.29 is 19.4 Å². The second-order valence-corrected chi connectivity index (χ2v) is 6.12. The Morgan fingerprint density at radius 2 is 1.96 bits per heavy atom. The van der Waals surface area contributed by atoms with Crippen LogP contribution in [0.4, 0.5) is 0 Å². The van der Waals surface area contributed by atoms with E-state index in [1.165, 1.54) is 0 Å². The number of hydrogen-bond acceptors (Lipinski definition) is 4. The van der Waals surface area contributed by atoms with Gasteiger partial charge < -0.3 is 14.6 Å². The van der Waals surface area contributed by atoms with Crippen LogP contribution in [0.2, 0.25) is 5.02 Å². The molecule has 0 spiro atoms. The summed E-state index contributed by atoms with van der Waals surface area (Å²) in [5, 5.41) is 10.5. The number of halogens is 1. The van der Waals surface area contributed by atoms with Crippen LogP contribution in [0.1, 0.15) is 25.0 Å². The number of pyridine rings is 1. The first-order valence-electron chi connectivity index (χ1n) is 8.22. The van der Waals surface area contributed by atoms with Gasteiger partial charge in [0, 0.05) is 23.2 Å². The molecule has 1 aromatic heterocycles. The second kappa shape index (κ2) is 8.17. The maximum atomic E-state index is 11.0. The van der Waals surface area contributed by atoms with Crippen LogP contribution in [0.5, 0.6) is 11.5 Å². The second-order valence-electron chi connectivity index (χ2n) is 5.68. The van der Waals surface area contributed by atoms with Gasteiger partial charge in [-0.25, -0.2) is 0 Å². The van der Waals surface area contributed by atoms with E-state index < -0.39 is 12.1 Å². The van der Waals surface area contributed by atoms with Crippen molar-refractivity contribution in [3.63, 3.8) is 0 Å². The molecule has 0 amide bonds. The molecule has 6 heteroatoms. The molecule has 26 heavy (non-hydrogen) atoms. The van der Waals surface area contributed by atoms with Gasteiger partial charge in [-0.2, -0.15) is 0 Å². The third-order valence-electron chi connectivity index (χ3n) is 3.87. The van der Waals surface area contributed by atoms with Gasteiger partial charge in [-0.1, -0.05) is 23.7 Å². The molecule has 0 bridgehead atoms. The van der Waals surface area contributed by atoms with Gasteiger partial charge in [0.05, 0.1) is 18.0 Å². The smallest absolute Gasteiger partial charge is 0.306 e. The predicted octanol–water partition coefficient (Wildman–Crippen LogP) is 5.23. The molecule has 1 atom stereocenters. The number of carbonyl (C=O) groups is 1. The van der Waals surface area contributed by atoms with Crippen molar-refractivity contribution in [3.8, 4) is 11.5 Å². The molecule has 3 aromatic rings. The van der Waals surface area contributed by atoms with Gasteiger partial charge in [0.25, 0.3) is 0 Å². The highest BCUT2D eigenvalue weighted by molar-refractivity contribution is 6.31. The Kier molecular flexibility index (Phi) is 5.71. The Labute approximate surface area is 156 Å². The van der Waals surface area contributed by atoms with Gasteiger partial charge in [-0.3, -0.25) is 9.78 Å². The Balaban J connectivity index is 1.82. The van der Waals surface area contributed by atoms with E-state index in [9.17, 15) is 4.79 Å². The first-order valence-corrected chi connectivity index (χ1v) is 8.60. The van der Waals surface area contributed by atoms with Crippen molar-refractivity contribution in [1.82, 2.24) is 4.98 Å². The lowest BCUT2D eigenvalue weighted by Crippen LogP contribution is -2.10. The van der Waals surface area contributed by atoms with Crippen molar-refractivity contribution in [3.05, 3.63) is 65.3 Å². The number of carboxylic acids is 1. The van der Waals surface area contributed by atoms with E-state index in [0.29, 0.717) is 23.1 Å². The molecule has 5 nitrogen and oxygen atoms in total. The summed E-state index contributed by atoms with van der Waals surface area (Å²) < 4.78 is 11.5. The normalized spacial score (nSPS) is 12.1. The van der Waals surface area contributed by atoms with Crippen molar-refractivity contribution in [2.45, 2.75) is 19.4 Å². The zero-order valence-electron chi connectivity index (χ0n) is 14.2. The van der Waals surface area contributed by atoms with Crippen molar-refractivity contribution in [2.75, 3.05) is 6.61 Å². The van der Waals surface area contributed by atoms with Crippen LogP contribution in [-0.4, -0.2) is 22.7 Å². The zero-order valence-corrected chi connectivity index (χ0v) is 14.9. The van der Waals surface area contributed by atoms with E-state index in [2.05, 4.69) is 4.98 Å². The molecule has 0 aliphatic carbocycles. The third-order valence-corrected chi connectivity index (χ3v) is 4.11. The minimum Gasteiger partial charge on any atom is -0.481 e. The fourth-order valence-corrected chi connectivity index (χ4v) is 2.86. The summed E-state index contributed by atoms with van der Waals surface area (Å²) in [6, 6.07) is 14.5. The van der Waals surface area contributed by atoms with Gasteiger partial charge in [-0.15, -0.1) is 0 Å². The summed E-state index contributed by atoms with van der Waals surface area (Å²) in [6.07, 6.45) is 1.11. The van der Waals surface area contributed by atoms with Crippen molar-refractivity contribution in [1.29, 1.82) is 0 Å². The maximum Gasteiger partial charge on any atom is 0.306 e. The number of nitrogens with zero attached hydrogens (tertiary/aromatic N) is 1. The SMILES string of the molecule is CCO[C@H](CC(=O)O)c1ccc(Oc2ccnc3cc(Cl)ccc23)cc1. The first-order chi connectivity index (χ1) is 12.6. The van der Waals surface area contributed by atoms with E-state index >= 15 is 0 Å². The maximum absolute atomic E-state index is 11.0. The molecule has 0 unspecified atom stereocenters. The van der Waals surface area contributed by atoms with Gasteiger partial charge in [-0.05, 0) is 48.9 Å². The Morgan fingerprint density at radius 1 is 1.19 bits per heavy atom. The molecule has 134 valence electrons. The summed E-state index contributed by atoms with van der Waals surface area (Å²) in [5.41, 5.74) is 1.55. The largest absolute Gasteiger partial charge is 0.481 e. The quantitative estimate of drug-likeness (QED) is 0.615. The molecule has 0 saturated heterocycles. The van der Waals surface area contributed by atoms with Crippen molar-refractivity contribution >= 4 is 28.5 Å². The Hall–Kier alpha value is -2.63. The highest BCUT2D eigenvalue weighted by Crippen LogP contribution is 2.31. The fourth-order valence-electron chi connectivity index (χ4n) is 2.69. The van der Waals surface area contributed by atoms with E-state index in [1.54, 1.807) is 36.5 Å². The van der Waals surface area contributed by atoms with Crippen LogP contribution in [0.3, 0.4) is 0 Å². The van der Waals surface area contributed by atoms with E-state index in [4.69, 9.17) is 26.2 Å². The van der Waals surface area contributed by atoms with Crippen LogP contribution in [0, 0.1) is 0 Å².